The largest absolute Gasteiger partial charge is 0.435 e. The quantitative estimate of drug-likeness (QED) is 0.376. The zero-order valence-corrected chi connectivity index (χ0v) is 19.8. The van der Waals surface area contributed by atoms with E-state index in [1.807, 2.05) is 0 Å². The van der Waals surface area contributed by atoms with E-state index in [9.17, 15) is 18.0 Å². The maximum atomic E-state index is 14.2. The van der Waals surface area contributed by atoms with Crippen LogP contribution in [0.1, 0.15) is 33.5 Å². The van der Waals surface area contributed by atoms with Gasteiger partial charge in [-0.2, -0.15) is 13.2 Å². The van der Waals surface area contributed by atoms with Crippen molar-refractivity contribution in [2.45, 2.75) is 25.1 Å². The van der Waals surface area contributed by atoms with Gasteiger partial charge < -0.3 is 10.2 Å². The van der Waals surface area contributed by atoms with Gasteiger partial charge in [0.05, 0.1) is 5.71 Å². The molecule has 0 saturated heterocycles. The second-order valence-electron chi connectivity index (χ2n) is 7.78. The van der Waals surface area contributed by atoms with Gasteiger partial charge in [-0.05, 0) is 61.0 Å². The molecule has 1 aliphatic heterocycles. The summed E-state index contributed by atoms with van der Waals surface area (Å²) in [5.41, 5.74) is -1.03. The van der Waals surface area contributed by atoms with Crippen molar-refractivity contribution in [3.63, 3.8) is 0 Å². The average Bonchev–Trinajstić information content (AvgIpc) is 3.22. The molecule has 0 saturated carbocycles. The lowest BCUT2D eigenvalue weighted by Gasteiger charge is -2.29. The Kier molecular flexibility index (Phi) is 6.55. The molecule has 4 rings (SSSR count). The van der Waals surface area contributed by atoms with E-state index >= 15 is 0 Å². The molecule has 1 heterocycles. The van der Waals surface area contributed by atoms with E-state index in [0.717, 1.165) is 12.1 Å². The van der Waals surface area contributed by atoms with Crippen LogP contribution in [-0.4, -0.2) is 17.8 Å². The molecule has 10 heteroatoms. The minimum absolute atomic E-state index is 0.0470. The molecule has 3 aromatic carbocycles. The summed E-state index contributed by atoms with van der Waals surface area (Å²) in [4.78, 5) is 17.7. The summed E-state index contributed by atoms with van der Waals surface area (Å²) >= 11 is 17.8. The fourth-order valence-corrected chi connectivity index (χ4v) is 4.23. The van der Waals surface area contributed by atoms with Crippen LogP contribution in [0.4, 0.5) is 18.9 Å². The number of amides is 1. The number of benzene rings is 3. The predicted octanol–water partition coefficient (Wildman–Crippen LogP) is 7.79. The highest BCUT2D eigenvalue weighted by Crippen LogP contribution is 2.49. The zero-order chi connectivity index (χ0) is 24.7. The number of aryl methyl sites for hydroxylation is 1. The van der Waals surface area contributed by atoms with Crippen molar-refractivity contribution < 1.29 is 22.8 Å². The first-order valence-electron chi connectivity index (χ1n) is 9.95. The van der Waals surface area contributed by atoms with Gasteiger partial charge in [0, 0.05) is 43.9 Å². The molecular weight excluding hydrogens is 512 g/mol. The Morgan fingerprint density at radius 1 is 0.971 bits per heavy atom. The van der Waals surface area contributed by atoms with Gasteiger partial charge in [0.2, 0.25) is 0 Å². The number of halogens is 6. The number of nitrogens with zero attached hydrogens (tertiary/aromatic N) is 1. The first kappa shape index (κ1) is 24.4. The van der Waals surface area contributed by atoms with Gasteiger partial charge in [0.25, 0.3) is 11.5 Å². The minimum Gasteiger partial charge on any atom is -0.374 e. The molecule has 1 aliphatic rings. The van der Waals surface area contributed by atoms with Gasteiger partial charge in [0.1, 0.15) is 0 Å². The van der Waals surface area contributed by atoms with Crippen LogP contribution in [0.25, 0.3) is 0 Å². The molecule has 1 N–H and O–H groups in total. The molecule has 34 heavy (non-hydrogen) atoms. The summed E-state index contributed by atoms with van der Waals surface area (Å²) in [6.45, 7) is 1.77. The summed E-state index contributed by atoms with van der Waals surface area (Å²) in [6, 6.07) is 14.8. The summed E-state index contributed by atoms with van der Waals surface area (Å²) in [5.74, 6) is -0.389. The molecule has 0 radical (unpaired) electrons. The SMILES string of the molecule is Cc1ccc(C2=NOC(c3cc(Cl)cc(Cl)c3)(C(F)(F)F)C2)cc1NC(=O)c1ccc(Cl)cc1. The van der Waals surface area contributed by atoms with Crippen molar-refractivity contribution >= 4 is 52.1 Å². The third-order valence-electron chi connectivity index (χ3n) is 5.44. The molecular formula is C24H16Cl3F3N2O2. The molecule has 0 bridgehead atoms. The van der Waals surface area contributed by atoms with E-state index < -0.39 is 18.2 Å². The fourth-order valence-electron chi connectivity index (χ4n) is 3.58. The molecule has 0 spiro atoms. The maximum absolute atomic E-state index is 14.2. The average molecular weight is 528 g/mol. The van der Waals surface area contributed by atoms with Gasteiger partial charge in [-0.1, -0.05) is 52.1 Å². The van der Waals surface area contributed by atoms with Crippen molar-refractivity contribution in [1.29, 1.82) is 0 Å². The minimum atomic E-state index is -4.80. The summed E-state index contributed by atoms with van der Waals surface area (Å²) < 4.78 is 42.7. The van der Waals surface area contributed by atoms with Crippen LogP contribution in [0.15, 0.2) is 65.8 Å². The Hall–Kier alpha value is -2.74. The van der Waals surface area contributed by atoms with E-state index in [1.54, 1.807) is 49.4 Å². The Bertz CT molecular complexity index is 1270. The topological polar surface area (TPSA) is 50.7 Å². The van der Waals surface area contributed by atoms with Crippen LogP contribution in [-0.2, 0) is 10.4 Å². The summed E-state index contributed by atoms with van der Waals surface area (Å²) in [5, 5.41) is 7.12. The Labute approximate surface area is 208 Å². The van der Waals surface area contributed by atoms with Crippen molar-refractivity contribution in [3.05, 3.63) is 98.0 Å². The van der Waals surface area contributed by atoms with Crippen LogP contribution in [0.3, 0.4) is 0 Å². The lowest BCUT2D eigenvalue weighted by molar-refractivity contribution is -0.275. The Morgan fingerprint density at radius 3 is 2.24 bits per heavy atom. The second-order valence-corrected chi connectivity index (χ2v) is 9.09. The highest BCUT2D eigenvalue weighted by Gasteiger charge is 2.62. The molecule has 4 nitrogen and oxygen atoms in total. The van der Waals surface area contributed by atoms with E-state index in [-0.39, 0.29) is 27.2 Å². The van der Waals surface area contributed by atoms with E-state index in [4.69, 9.17) is 39.6 Å². The van der Waals surface area contributed by atoms with Crippen LogP contribution >= 0.6 is 34.8 Å². The van der Waals surface area contributed by atoms with Crippen LogP contribution in [0.5, 0.6) is 0 Å². The lowest BCUT2D eigenvalue weighted by atomic mass is 9.86. The number of carbonyl (C=O) groups excluding carboxylic acids is 1. The molecule has 0 aromatic heterocycles. The van der Waals surface area contributed by atoms with E-state index in [0.29, 0.717) is 27.4 Å². The number of rotatable bonds is 4. The monoisotopic (exact) mass is 526 g/mol. The highest BCUT2D eigenvalue weighted by atomic mass is 35.5. The van der Waals surface area contributed by atoms with Gasteiger partial charge in [-0.3, -0.25) is 4.79 Å². The van der Waals surface area contributed by atoms with Crippen molar-refractivity contribution in [2.75, 3.05) is 5.32 Å². The normalized spacial score (nSPS) is 17.8. The second kappa shape index (κ2) is 9.13. The third kappa shape index (κ3) is 4.73. The van der Waals surface area contributed by atoms with E-state index in [1.165, 1.54) is 6.07 Å². The highest BCUT2D eigenvalue weighted by molar-refractivity contribution is 6.34. The molecule has 0 aliphatic carbocycles. The number of hydrogen-bond donors (Lipinski definition) is 1. The van der Waals surface area contributed by atoms with Crippen molar-refractivity contribution in [1.82, 2.24) is 0 Å². The molecule has 1 amide bonds. The number of anilines is 1. The van der Waals surface area contributed by atoms with Gasteiger partial charge >= 0.3 is 6.18 Å². The lowest BCUT2D eigenvalue weighted by Crippen LogP contribution is -2.42. The third-order valence-corrected chi connectivity index (χ3v) is 6.13. The smallest absolute Gasteiger partial charge is 0.374 e. The Morgan fingerprint density at radius 2 is 1.62 bits per heavy atom. The molecule has 1 unspecified atom stereocenters. The van der Waals surface area contributed by atoms with Crippen LogP contribution in [0.2, 0.25) is 15.1 Å². The number of alkyl halides is 3. The van der Waals surface area contributed by atoms with Crippen molar-refractivity contribution in [2.24, 2.45) is 5.16 Å². The molecule has 176 valence electrons. The van der Waals surface area contributed by atoms with Gasteiger partial charge in [-0.15, -0.1) is 0 Å². The summed E-state index contributed by atoms with van der Waals surface area (Å²) in [7, 11) is 0. The predicted molar refractivity (Wildman–Crippen MR) is 127 cm³/mol. The zero-order valence-electron chi connectivity index (χ0n) is 17.5. The number of carbonyl (C=O) groups is 1. The maximum Gasteiger partial charge on any atom is 0.435 e. The Balaban J connectivity index is 1.64. The first-order chi connectivity index (χ1) is 16.0. The number of nitrogens with one attached hydrogen (secondary N) is 1. The number of hydrogen-bond acceptors (Lipinski definition) is 3. The molecule has 3 aromatic rings. The van der Waals surface area contributed by atoms with Crippen LogP contribution < -0.4 is 5.32 Å². The fraction of sp³-hybridized carbons (Fsp3) is 0.167. The van der Waals surface area contributed by atoms with Gasteiger partial charge in [0.15, 0.2) is 0 Å². The van der Waals surface area contributed by atoms with E-state index in [2.05, 4.69) is 10.5 Å². The number of oxime groups is 1. The van der Waals surface area contributed by atoms with Crippen LogP contribution in [0, 0.1) is 6.92 Å². The first-order valence-corrected chi connectivity index (χ1v) is 11.1. The van der Waals surface area contributed by atoms with Crippen molar-refractivity contribution in [3.8, 4) is 0 Å². The standard InChI is InChI=1S/C24H16Cl3F3N2O2/c1-13-2-3-15(8-20(13)31-22(33)14-4-6-17(25)7-5-14)21-12-23(34-32-21,24(28,29)30)16-9-18(26)11-19(27)10-16/h2-11H,12H2,1H3,(H,31,33). The molecule has 0 fully saturated rings. The summed E-state index contributed by atoms with van der Waals surface area (Å²) in [6.07, 6.45) is -5.40. The van der Waals surface area contributed by atoms with Gasteiger partial charge in [-0.25, -0.2) is 0 Å². The molecule has 1 atom stereocenters.